The Hall–Kier alpha value is -3.20. The minimum atomic E-state index is -1.30. The summed E-state index contributed by atoms with van der Waals surface area (Å²) in [4.78, 5) is 33.7. The summed E-state index contributed by atoms with van der Waals surface area (Å²) in [5.41, 5.74) is -1.50. The molecule has 1 fully saturated rings. The Kier molecular flexibility index (Phi) is 4.46. The number of aliphatic hydroxyl groups is 1. The number of carbonyl (C=O) groups is 2. The molecule has 158 valence electrons. The lowest BCUT2D eigenvalue weighted by molar-refractivity contribution is -0.124. The number of aromatic nitrogens is 4. The number of ether oxygens (including phenoxy) is 1. The zero-order chi connectivity index (χ0) is 21.8. The van der Waals surface area contributed by atoms with Crippen molar-refractivity contribution in [2.45, 2.75) is 51.9 Å². The molecule has 0 bridgehead atoms. The molecule has 1 amide bonds. The van der Waals surface area contributed by atoms with E-state index in [-0.39, 0.29) is 5.91 Å². The van der Waals surface area contributed by atoms with Gasteiger partial charge in [0.2, 0.25) is 5.91 Å². The molecular formula is C21H25N5O4. The first-order chi connectivity index (χ1) is 14.0. The van der Waals surface area contributed by atoms with Gasteiger partial charge in [0.05, 0.1) is 5.92 Å². The minimum Gasteiger partial charge on any atom is -0.443 e. The van der Waals surface area contributed by atoms with Gasteiger partial charge in [-0.2, -0.15) is 0 Å². The van der Waals surface area contributed by atoms with E-state index in [2.05, 4.69) is 15.3 Å². The van der Waals surface area contributed by atoms with Crippen LogP contribution in [0.2, 0.25) is 0 Å². The van der Waals surface area contributed by atoms with Gasteiger partial charge in [-0.25, -0.2) is 19.3 Å². The lowest BCUT2D eigenvalue weighted by Crippen LogP contribution is -2.37. The molecule has 9 heteroatoms. The van der Waals surface area contributed by atoms with Gasteiger partial charge in [0.15, 0.2) is 5.65 Å². The zero-order valence-corrected chi connectivity index (χ0v) is 17.6. The average molecular weight is 411 g/mol. The number of nitrogens with zero attached hydrogens (tertiary/aromatic N) is 4. The maximum absolute atomic E-state index is 12.6. The van der Waals surface area contributed by atoms with E-state index in [4.69, 9.17) is 4.74 Å². The van der Waals surface area contributed by atoms with E-state index in [1.165, 1.54) is 4.57 Å². The Bertz CT molecular complexity index is 1140. The van der Waals surface area contributed by atoms with Gasteiger partial charge in [-0.05, 0) is 45.9 Å². The van der Waals surface area contributed by atoms with Crippen molar-refractivity contribution in [3.8, 4) is 5.82 Å². The number of nitrogens with one attached hydrogen (secondary N) is 1. The number of fused-ring (bicyclic) bond motifs is 1. The second-order valence-electron chi connectivity index (χ2n) is 8.79. The lowest BCUT2D eigenvalue weighted by Gasteiger charge is -2.27. The molecule has 9 nitrogen and oxygen atoms in total. The molecule has 4 heterocycles. The van der Waals surface area contributed by atoms with E-state index in [9.17, 15) is 14.7 Å². The monoisotopic (exact) mass is 411 g/mol. The molecule has 0 aromatic carbocycles. The van der Waals surface area contributed by atoms with E-state index in [0.717, 1.165) is 5.39 Å². The summed E-state index contributed by atoms with van der Waals surface area (Å²) in [6.45, 7) is 8.70. The third-order valence-corrected chi connectivity index (χ3v) is 5.43. The molecule has 3 aromatic heterocycles. The van der Waals surface area contributed by atoms with Crippen LogP contribution in [0.5, 0.6) is 0 Å². The van der Waals surface area contributed by atoms with Crippen molar-refractivity contribution >= 4 is 23.0 Å². The normalized spacial score (nSPS) is 24.3. The second kappa shape index (κ2) is 6.66. The molecule has 1 aliphatic rings. The molecule has 3 aromatic rings. The first-order valence-corrected chi connectivity index (χ1v) is 9.77. The molecule has 4 rings (SSSR count). The first-order valence-electron chi connectivity index (χ1n) is 9.77. The van der Waals surface area contributed by atoms with Crippen molar-refractivity contribution in [1.29, 1.82) is 0 Å². The first kappa shape index (κ1) is 20.1. The summed E-state index contributed by atoms with van der Waals surface area (Å²) in [5, 5.41) is 14.5. The molecule has 1 saturated heterocycles. The van der Waals surface area contributed by atoms with Crippen LogP contribution in [0.3, 0.4) is 0 Å². The van der Waals surface area contributed by atoms with Crippen molar-refractivity contribution in [3.63, 3.8) is 0 Å². The lowest BCUT2D eigenvalue weighted by atomic mass is 9.88. The van der Waals surface area contributed by atoms with Crippen LogP contribution < -0.4 is 5.32 Å². The Morgan fingerprint density at radius 1 is 1.27 bits per heavy atom. The van der Waals surface area contributed by atoms with E-state index in [1.807, 2.05) is 6.07 Å². The predicted molar refractivity (Wildman–Crippen MR) is 109 cm³/mol. The number of rotatable bonds is 2. The molecule has 0 aliphatic carbocycles. The fourth-order valence-electron chi connectivity index (χ4n) is 3.57. The van der Waals surface area contributed by atoms with Crippen LogP contribution in [0.4, 0.5) is 4.79 Å². The van der Waals surface area contributed by atoms with Crippen molar-refractivity contribution in [3.05, 3.63) is 42.6 Å². The number of hydrogen-bond acceptors (Lipinski definition) is 6. The SMILES string of the molecule is CC1C(=O)N[C@H](c2nccn2-c2ccc3ccn(C(=O)OC(C)(C)C)c3n2)[C@]1(C)O. The maximum atomic E-state index is 12.6. The maximum Gasteiger partial charge on any atom is 0.420 e. The summed E-state index contributed by atoms with van der Waals surface area (Å²) in [5.74, 6) is 0.150. The molecule has 1 aliphatic heterocycles. The average Bonchev–Trinajstić information content (AvgIpc) is 3.33. The van der Waals surface area contributed by atoms with Crippen LogP contribution in [0.15, 0.2) is 36.8 Å². The Morgan fingerprint density at radius 2 is 2.00 bits per heavy atom. The fourth-order valence-corrected chi connectivity index (χ4v) is 3.57. The molecule has 30 heavy (non-hydrogen) atoms. The van der Waals surface area contributed by atoms with Gasteiger partial charge < -0.3 is 15.2 Å². The third-order valence-electron chi connectivity index (χ3n) is 5.43. The standard InChI is InChI=1S/C21H25N5O4/c1-12-18(27)24-15(21(12,5)29)17-22-9-11-25(17)14-7-6-13-8-10-26(16(13)23-14)19(28)30-20(2,3)4/h6-12,15,29H,1-5H3,(H,24,27)/t12?,15-,21-/m1/s1. The largest absolute Gasteiger partial charge is 0.443 e. The van der Waals surface area contributed by atoms with E-state index in [0.29, 0.717) is 17.3 Å². The number of imidazole rings is 1. The van der Waals surface area contributed by atoms with E-state index in [1.54, 1.807) is 69.9 Å². The third kappa shape index (κ3) is 3.24. The molecule has 0 saturated carbocycles. The number of pyridine rings is 1. The number of hydrogen-bond donors (Lipinski definition) is 2. The van der Waals surface area contributed by atoms with Crippen molar-refractivity contribution in [2.24, 2.45) is 5.92 Å². The molecule has 1 unspecified atom stereocenters. The summed E-state index contributed by atoms with van der Waals surface area (Å²) >= 11 is 0. The van der Waals surface area contributed by atoms with Gasteiger partial charge in [-0.3, -0.25) is 9.36 Å². The number of amides is 1. The van der Waals surface area contributed by atoms with Crippen LogP contribution in [-0.2, 0) is 9.53 Å². The minimum absolute atomic E-state index is 0.234. The molecule has 3 atom stereocenters. The van der Waals surface area contributed by atoms with E-state index < -0.39 is 29.3 Å². The van der Waals surface area contributed by atoms with Crippen LogP contribution in [-0.4, -0.2) is 47.4 Å². The van der Waals surface area contributed by atoms with Crippen LogP contribution in [0.1, 0.15) is 46.5 Å². The second-order valence-corrected chi connectivity index (χ2v) is 8.79. The predicted octanol–water partition coefficient (Wildman–Crippen LogP) is 2.56. The Balaban J connectivity index is 1.76. The summed E-state index contributed by atoms with van der Waals surface area (Å²) in [7, 11) is 0. The van der Waals surface area contributed by atoms with E-state index >= 15 is 0 Å². The summed E-state index contributed by atoms with van der Waals surface area (Å²) in [6.07, 6.45) is 4.39. The van der Waals surface area contributed by atoms with Crippen molar-refractivity contribution in [1.82, 2.24) is 24.4 Å². The zero-order valence-electron chi connectivity index (χ0n) is 17.6. The van der Waals surface area contributed by atoms with Crippen molar-refractivity contribution in [2.75, 3.05) is 0 Å². The molecule has 0 radical (unpaired) electrons. The van der Waals surface area contributed by atoms with Crippen LogP contribution >= 0.6 is 0 Å². The van der Waals surface area contributed by atoms with Crippen LogP contribution in [0, 0.1) is 5.92 Å². The van der Waals surface area contributed by atoms with Gasteiger partial charge in [-0.15, -0.1) is 0 Å². The quantitative estimate of drug-likeness (QED) is 0.670. The Labute approximate surface area is 173 Å². The highest BCUT2D eigenvalue weighted by Gasteiger charge is 2.50. The highest BCUT2D eigenvalue weighted by atomic mass is 16.6. The highest BCUT2D eigenvalue weighted by molar-refractivity contribution is 5.87. The molecule has 0 spiro atoms. The van der Waals surface area contributed by atoms with Gasteiger partial charge in [0.25, 0.3) is 0 Å². The van der Waals surface area contributed by atoms with Gasteiger partial charge in [-0.1, -0.05) is 6.92 Å². The van der Waals surface area contributed by atoms with Crippen LogP contribution in [0.25, 0.3) is 16.9 Å². The van der Waals surface area contributed by atoms with Crippen molar-refractivity contribution < 1.29 is 19.4 Å². The smallest absolute Gasteiger partial charge is 0.420 e. The summed E-state index contributed by atoms with van der Waals surface area (Å²) in [6, 6.07) is 4.73. The Morgan fingerprint density at radius 3 is 2.63 bits per heavy atom. The molecule has 2 N–H and O–H groups in total. The highest BCUT2D eigenvalue weighted by Crippen LogP contribution is 2.37. The fraction of sp³-hybridized carbons (Fsp3) is 0.429. The van der Waals surface area contributed by atoms with Gasteiger partial charge >= 0.3 is 6.09 Å². The topological polar surface area (TPSA) is 111 Å². The summed E-state index contributed by atoms with van der Waals surface area (Å²) < 4.78 is 8.52. The van der Waals surface area contributed by atoms with Gasteiger partial charge in [0.1, 0.15) is 28.9 Å². The number of carbonyl (C=O) groups excluding carboxylic acids is 2. The van der Waals surface area contributed by atoms with Gasteiger partial charge in [0, 0.05) is 24.0 Å². The molecular weight excluding hydrogens is 386 g/mol.